The fourth-order valence-corrected chi connectivity index (χ4v) is 2.89. The highest BCUT2D eigenvalue weighted by Crippen LogP contribution is 2.31. The Hall–Kier alpha value is -1.21. The van der Waals surface area contributed by atoms with E-state index in [0.29, 0.717) is 5.92 Å². The average molecular weight is 256 g/mol. The van der Waals surface area contributed by atoms with Crippen LogP contribution in [0.3, 0.4) is 0 Å². The Morgan fingerprint density at radius 2 is 2.29 bits per heavy atom. The summed E-state index contributed by atoms with van der Waals surface area (Å²) in [5.74, 6) is 0.557. The molecule has 0 aliphatic carbocycles. The van der Waals surface area contributed by atoms with Crippen molar-refractivity contribution in [3.63, 3.8) is 0 Å². The number of thiazole rings is 1. The van der Waals surface area contributed by atoms with Crippen molar-refractivity contribution in [3.05, 3.63) is 16.3 Å². The van der Waals surface area contributed by atoms with Crippen LogP contribution in [0.4, 0.5) is 10.1 Å². The third-order valence-electron chi connectivity index (χ3n) is 3.21. The van der Waals surface area contributed by atoms with Crippen LogP contribution in [-0.4, -0.2) is 29.0 Å². The molecule has 1 saturated heterocycles. The number of piperidine rings is 1. The summed E-state index contributed by atoms with van der Waals surface area (Å²) < 4.78 is 0. The highest BCUT2D eigenvalue weighted by molar-refractivity contribution is 7.18. The molecule has 1 fully saturated rings. The van der Waals surface area contributed by atoms with Gasteiger partial charge < -0.3 is 10.6 Å². The second kappa shape index (κ2) is 4.97. The summed E-state index contributed by atoms with van der Waals surface area (Å²) in [6.45, 7) is 3.81. The number of aromatic nitrogens is 1. The number of anilines is 1. The van der Waals surface area contributed by atoms with Gasteiger partial charge in [0.2, 0.25) is 0 Å². The first-order valence-electron chi connectivity index (χ1n) is 5.68. The Kier molecular flexibility index (Phi) is 3.58. The third kappa shape index (κ3) is 2.73. The average Bonchev–Trinajstić information content (AvgIpc) is 2.78. The monoisotopic (exact) mass is 256 g/mol. The van der Waals surface area contributed by atoms with Crippen LogP contribution in [0.2, 0.25) is 0 Å². The van der Waals surface area contributed by atoms with Gasteiger partial charge in [-0.15, -0.1) is 0 Å². The zero-order valence-corrected chi connectivity index (χ0v) is 10.5. The van der Waals surface area contributed by atoms with Crippen LogP contribution in [0.1, 0.15) is 19.8 Å². The summed E-state index contributed by atoms with van der Waals surface area (Å²) >= 11 is 1.14. The molecule has 0 bridgehead atoms. The molecule has 2 rings (SSSR count). The van der Waals surface area contributed by atoms with E-state index in [1.54, 1.807) is 0 Å². The van der Waals surface area contributed by atoms with Gasteiger partial charge in [0, 0.05) is 19.1 Å². The first-order valence-corrected chi connectivity index (χ1v) is 6.50. The molecule has 0 amide bonds. The third-order valence-corrected chi connectivity index (χ3v) is 4.22. The molecular formula is C10H16N4O2S. The number of nitro groups is 1. The molecule has 0 aromatic carbocycles. The van der Waals surface area contributed by atoms with Crippen LogP contribution in [0.25, 0.3) is 0 Å². The first kappa shape index (κ1) is 12.3. The summed E-state index contributed by atoms with van der Waals surface area (Å²) in [7, 11) is 0. The second-order valence-electron chi connectivity index (χ2n) is 4.42. The molecule has 1 aliphatic rings. The predicted molar refractivity (Wildman–Crippen MR) is 67.4 cm³/mol. The van der Waals surface area contributed by atoms with Crippen molar-refractivity contribution in [2.45, 2.75) is 25.8 Å². The lowest BCUT2D eigenvalue weighted by Crippen LogP contribution is -2.39. The molecule has 1 aliphatic heterocycles. The van der Waals surface area contributed by atoms with Gasteiger partial charge in [-0.3, -0.25) is 10.1 Å². The fraction of sp³-hybridized carbons (Fsp3) is 0.700. The molecule has 94 valence electrons. The first-order chi connectivity index (χ1) is 8.08. The van der Waals surface area contributed by atoms with E-state index in [0.717, 1.165) is 42.4 Å². The lowest BCUT2D eigenvalue weighted by Gasteiger charge is -2.33. The molecule has 2 heterocycles. The van der Waals surface area contributed by atoms with E-state index in [4.69, 9.17) is 5.73 Å². The van der Waals surface area contributed by atoms with Crippen molar-refractivity contribution in [2.24, 2.45) is 11.7 Å². The lowest BCUT2D eigenvalue weighted by atomic mass is 9.91. The Morgan fingerprint density at radius 3 is 2.76 bits per heavy atom. The van der Waals surface area contributed by atoms with Crippen LogP contribution in [0.5, 0.6) is 0 Å². The highest BCUT2D eigenvalue weighted by atomic mass is 32.1. The summed E-state index contributed by atoms with van der Waals surface area (Å²) in [6.07, 6.45) is 3.40. The standard InChI is InChI=1S/C10H16N4O2S/c1-7(11)8-2-4-13(5-3-8)10-12-6-9(17-10)14(15)16/h6-8H,2-5,11H2,1H3. The van der Waals surface area contributed by atoms with Gasteiger partial charge >= 0.3 is 5.00 Å². The largest absolute Gasteiger partial charge is 0.348 e. The fourth-order valence-electron chi connectivity index (χ4n) is 2.10. The van der Waals surface area contributed by atoms with Crippen molar-refractivity contribution >= 4 is 21.5 Å². The Labute approximate surface area is 104 Å². The van der Waals surface area contributed by atoms with Gasteiger partial charge in [0.25, 0.3) is 0 Å². The summed E-state index contributed by atoms with van der Waals surface area (Å²) in [5.41, 5.74) is 5.87. The molecule has 6 nitrogen and oxygen atoms in total. The zero-order chi connectivity index (χ0) is 12.4. The van der Waals surface area contributed by atoms with E-state index in [9.17, 15) is 10.1 Å². The van der Waals surface area contributed by atoms with Gasteiger partial charge in [-0.05, 0) is 37.0 Å². The summed E-state index contributed by atoms with van der Waals surface area (Å²) in [6, 6.07) is 0.225. The number of rotatable bonds is 3. The SMILES string of the molecule is CC(N)C1CCN(c2ncc([N+](=O)[O-])s2)CC1. The molecule has 0 radical (unpaired) electrons. The molecule has 2 N–H and O–H groups in total. The molecule has 1 aromatic rings. The van der Waals surface area contributed by atoms with Crippen molar-refractivity contribution in [1.82, 2.24) is 4.98 Å². The Balaban J connectivity index is 1.98. The maximum atomic E-state index is 10.6. The van der Waals surface area contributed by atoms with E-state index in [1.807, 2.05) is 6.92 Å². The van der Waals surface area contributed by atoms with Gasteiger partial charge in [0.15, 0.2) is 5.13 Å². The normalized spacial score (nSPS) is 19.3. The van der Waals surface area contributed by atoms with Crippen LogP contribution in [0, 0.1) is 16.0 Å². The van der Waals surface area contributed by atoms with Crippen molar-refractivity contribution in [2.75, 3.05) is 18.0 Å². The predicted octanol–water partition coefficient (Wildman–Crippen LogP) is 1.61. The maximum absolute atomic E-state index is 10.6. The van der Waals surface area contributed by atoms with Crippen molar-refractivity contribution < 1.29 is 4.92 Å². The van der Waals surface area contributed by atoms with Crippen LogP contribution >= 0.6 is 11.3 Å². The van der Waals surface area contributed by atoms with E-state index in [-0.39, 0.29) is 11.0 Å². The number of nitrogens with two attached hydrogens (primary N) is 1. The van der Waals surface area contributed by atoms with Crippen LogP contribution < -0.4 is 10.6 Å². The molecule has 1 unspecified atom stereocenters. The topological polar surface area (TPSA) is 85.3 Å². The minimum atomic E-state index is -0.393. The molecule has 0 spiro atoms. The maximum Gasteiger partial charge on any atom is 0.345 e. The zero-order valence-electron chi connectivity index (χ0n) is 9.70. The van der Waals surface area contributed by atoms with Crippen molar-refractivity contribution in [3.8, 4) is 0 Å². The quantitative estimate of drug-likeness (QED) is 0.656. The second-order valence-corrected chi connectivity index (χ2v) is 5.41. The van der Waals surface area contributed by atoms with Crippen LogP contribution in [-0.2, 0) is 0 Å². The van der Waals surface area contributed by atoms with Gasteiger partial charge in [-0.25, -0.2) is 4.98 Å². The summed E-state index contributed by atoms with van der Waals surface area (Å²) in [5, 5.41) is 11.4. The molecule has 0 saturated carbocycles. The summed E-state index contributed by atoms with van der Waals surface area (Å²) in [4.78, 5) is 16.4. The molecule has 1 aromatic heterocycles. The highest BCUT2D eigenvalue weighted by Gasteiger charge is 2.24. The Bertz CT molecular complexity index is 399. The minimum absolute atomic E-state index is 0.106. The van der Waals surface area contributed by atoms with E-state index in [2.05, 4.69) is 9.88 Å². The smallest absolute Gasteiger partial charge is 0.345 e. The van der Waals surface area contributed by atoms with E-state index >= 15 is 0 Å². The van der Waals surface area contributed by atoms with Gasteiger partial charge in [0.1, 0.15) is 6.20 Å². The molecule has 7 heteroatoms. The minimum Gasteiger partial charge on any atom is -0.348 e. The van der Waals surface area contributed by atoms with Gasteiger partial charge in [-0.1, -0.05) is 0 Å². The molecular weight excluding hydrogens is 240 g/mol. The number of hydrogen-bond acceptors (Lipinski definition) is 6. The van der Waals surface area contributed by atoms with E-state index in [1.165, 1.54) is 6.20 Å². The lowest BCUT2D eigenvalue weighted by molar-refractivity contribution is -0.380. The van der Waals surface area contributed by atoms with Gasteiger partial charge in [0.05, 0.1) is 4.92 Å². The molecule has 17 heavy (non-hydrogen) atoms. The van der Waals surface area contributed by atoms with Crippen molar-refractivity contribution in [1.29, 1.82) is 0 Å². The van der Waals surface area contributed by atoms with Crippen LogP contribution in [0.15, 0.2) is 6.20 Å². The molecule has 1 atom stereocenters. The number of hydrogen-bond donors (Lipinski definition) is 1. The van der Waals surface area contributed by atoms with E-state index < -0.39 is 4.92 Å². The number of nitrogens with zero attached hydrogens (tertiary/aromatic N) is 3. The Morgan fingerprint density at radius 1 is 1.65 bits per heavy atom. The van der Waals surface area contributed by atoms with Gasteiger partial charge in [-0.2, -0.15) is 0 Å².